The summed E-state index contributed by atoms with van der Waals surface area (Å²) in [6.07, 6.45) is -1.87. The third kappa shape index (κ3) is 1.58. The van der Waals surface area contributed by atoms with Crippen LogP contribution in [0.3, 0.4) is 0 Å². The lowest BCUT2D eigenvalue weighted by molar-refractivity contribution is -0.138. The molecule has 17 heavy (non-hydrogen) atoms. The highest BCUT2D eigenvalue weighted by atomic mass is 19.4. The summed E-state index contributed by atoms with van der Waals surface area (Å²) in [4.78, 5) is 0. The Kier molecular flexibility index (Phi) is 2.27. The highest BCUT2D eigenvalue weighted by molar-refractivity contribution is 5.43. The molecule has 0 spiro atoms. The fourth-order valence-corrected chi connectivity index (χ4v) is 3.42. The van der Waals surface area contributed by atoms with Crippen LogP contribution in [0, 0.1) is 5.92 Å². The molecule has 1 nitrogen and oxygen atoms in total. The highest BCUT2D eigenvalue weighted by Gasteiger charge is 2.43. The molecule has 0 aliphatic heterocycles. The third-order valence-corrected chi connectivity index (χ3v) is 4.24. The van der Waals surface area contributed by atoms with Gasteiger partial charge >= 0.3 is 6.18 Å². The Morgan fingerprint density at radius 2 is 1.94 bits per heavy atom. The molecule has 2 aliphatic rings. The van der Waals surface area contributed by atoms with Crippen molar-refractivity contribution in [3.63, 3.8) is 0 Å². The molecule has 0 saturated heterocycles. The first-order valence-corrected chi connectivity index (χ1v) is 5.93. The van der Waals surface area contributed by atoms with Gasteiger partial charge in [-0.3, -0.25) is 0 Å². The van der Waals surface area contributed by atoms with Crippen molar-refractivity contribution in [2.24, 2.45) is 11.7 Å². The molecular weight excluding hydrogens is 227 g/mol. The van der Waals surface area contributed by atoms with Crippen LogP contribution in [-0.2, 0) is 12.6 Å². The second kappa shape index (κ2) is 3.48. The van der Waals surface area contributed by atoms with Crippen molar-refractivity contribution < 1.29 is 13.2 Å². The molecule has 0 amide bonds. The SMILES string of the molecule is N[C@H]1[C@@H]2CC[C@H]1c1cccc(C(F)(F)F)c1C2. The molecule has 0 radical (unpaired) electrons. The summed E-state index contributed by atoms with van der Waals surface area (Å²) in [5.74, 6) is 0.363. The lowest BCUT2D eigenvalue weighted by Gasteiger charge is -2.31. The van der Waals surface area contributed by atoms with E-state index >= 15 is 0 Å². The lowest BCUT2D eigenvalue weighted by atomic mass is 9.77. The quantitative estimate of drug-likeness (QED) is 0.742. The van der Waals surface area contributed by atoms with Crippen LogP contribution in [0.5, 0.6) is 0 Å². The Morgan fingerprint density at radius 1 is 1.18 bits per heavy atom. The molecule has 0 unspecified atom stereocenters. The fraction of sp³-hybridized carbons (Fsp3) is 0.538. The van der Waals surface area contributed by atoms with Crippen LogP contribution >= 0.6 is 0 Å². The molecule has 1 aromatic rings. The summed E-state index contributed by atoms with van der Waals surface area (Å²) in [6.45, 7) is 0. The van der Waals surface area contributed by atoms with Crippen molar-refractivity contribution in [1.29, 1.82) is 0 Å². The topological polar surface area (TPSA) is 26.0 Å². The largest absolute Gasteiger partial charge is 0.416 e. The Labute approximate surface area is 97.8 Å². The number of benzene rings is 1. The molecule has 1 fully saturated rings. The van der Waals surface area contributed by atoms with Crippen LogP contribution < -0.4 is 5.73 Å². The van der Waals surface area contributed by atoms with Crippen molar-refractivity contribution in [2.45, 2.75) is 37.4 Å². The Bertz CT molecular complexity index is 452. The molecule has 1 aromatic carbocycles. The van der Waals surface area contributed by atoms with Gasteiger partial charge in [-0.2, -0.15) is 13.2 Å². The van der Waals surface area contributed by atoms with E-state index in [1.54, 1.807) is 0 Å². The van der Waals surface area contributed by atoms with Gasteiger partial charge in [-0.05, 0) is 48.3 Å². The summed E-state index contributed by atoms with van der Waals surface area (Å²) in [7, 11) is 0. The molecule has 1 saturated carbocycles. The van der Waals surface area contributed by atoms with Gasteiger partial charge < -0.3 is 5.73 Å². The van der Waals surface area contributed by atoms with Crippen molar-refractivity contribution >= 4 is 0 Å². The monoisotopic (exact) mass is 241 g/mol. The van der Waals surface area contributed by atoms with E-state index in [1.165, 1.54) is 12.1 Å². The van der Waals surface area contributed by atoms with E-state index in [0.29, 0.717) is 12.0 Å². The van der Waals surface area contributed by atoms with Crippen molar-refractivity contribution in [1.82, 2.24) is 0 Å². The maximum atomic E-state index is 12.9. The molecule has 3 atom stereocenters. The molecule has 2 aliphatic carbocycles. The Hall–Kier alpha value is -1.03. The maximum Gasteiger partial charge on any atom is 0.416 e. The molecular formula is C13H14F3N. The normalized spacial score (nSPS) is 31.4. The molecule has 2 N–H and O–H groups in total. The average molecular weight is 241 g/mol. The van der Waals surface area contributed by atoms with Gasteiger partial charge in [-0.25, -0.2) is 0 Å². The van der Waals surface area contributed by atoms with E-state index in [9.17, 15) is 13.2 Å². The Balaban J connectivity index is 2.14. The minimum Gasteiger partial charge on any atom is -0.327 e. The van der Waals surface area contributed by atoms with E-state index < -0.39 is 11.7 Å². The summed E-state index contributed by atoms with van der Waals surface area (Å²) >= 11 is 0. The van der Waals surface area contributed by atoms with Gasteiger partial charge in [-0.15, -0.1) is 0 Å². The molecule has 92 valence electrons. The van der Waals surface area contributed by atoms with Gasteiger partial charge in [0.1, 0.15) is 0 Å². The van der Waals surface area contributed by atoms with Crippen LogP contribution in [0.2, 0.25) is 0 Å². The minimum atomic E-state index is -4.24. The number of hydrogen-bond acceptors (Lipinski definition) is 1. The van der Waals surface area contributed by atoms with Gasteiger partial charge in [0.25, 0.3) is 0 Å². The van der Waals surface area contributed by atoms with Gasteiger partial charge in [0.2, 0.25) is 0 Å². The van der Waals surface area contributed by atoms with Gasteiger partial charge in [0, 0.05) is 6.04 Å². The highest BCUT2D eigenvalue weighted by Crippen LogP contribution is 2.48. The summed E-state index contributed by atoms with van der Waals surface area (Å²) < 4.78 is 38.7. The molecule has 0 heterocycles. The van der Waals surface area contributed by atoms with Crippen molar-refractivity contribution in [3.05, 3.63) is 34.9 Å². The van der Waals surface area contributed by atoms with E-state index in [0.717, 1.165) is 18.4 Å². The zero-order valence-electron chi connectivity index (χ0n) is 9.30. The number of rotatable bonds is 0. The van der Waals surface area contributed by atoms with Gasteiger partial charge in [0.15, 0.2) is 0 Å². The maximum absolute atomic E-state index is 12.9. The third-order valence-electron chi connectivity index (χ3n) is 4.24. The van der Waals surface area contributed by atoms with Crippen LogP contribution in [0.15, 0.2) is 18.2 Å². The second-order valence-corrected chi connectivity index (χ2v) is 5.10. The number of halogens is 3. The van der Waals surface area contributed by atoms with Gasteiger partial charge in [-0.1, -0.05) is 12.1 Å². The first kappa shape index (κ1) is 11.1. The summed E-state index contributed by atoms with van der Waals surface area (Å²) in [5, 5.41) is 0. The predicted octanol–water partition coefficient (Wildman–Crippen LogP) is 3.08. The van der Waals surface area contributed by atoms with Crippen molar-refractivity contribution in [3.8, 4) is 0 Å². The number of nitrogens with two attached hydrogens (primary N) is 1. The first-order chi connectivity index (χ1) is 7.98. The van der Waals surface area contributed by atoms with Crippen LogP contribution in [-0.4, -0.2) is 6.04 Å². The molecule has 2 bridgehead atoms. The number of alkyl halides is 3. The standard InChI is InChI=1S/C13H14F3N/c14-13(15,16)11-3-1-2-8-9-5-4-7(12(9)17)6-10(8)11/h1-3,7,9,12H,4-6,17H2/t7-,9+,12+/m1/s1. The van der Waals surface area contributed by atoms with Crippen LogP contribution in [0.1, 0.15) is 35.4 Å². The summed E-state index contributed by atoms with van der Waals surface area (Å²) in [5.41, 5.74) is 6.95. The number of fused-ring (bicyclic) bond motifs is 4. The molecule has 3 rings (SSSR count). The average Bonchev–Trinajstić information content (AvgIpc) is 2.51. The molecule has 4 heteroatoms. The Morgan fingerprint density at radius 3 is 2.65 bits per heavy atom. The second-order valence-electron chi connectivity index (χ2n) is 5.10. The zero-order valence-corrected chi connectivity index (χ0v) is 9.30. The van der Waals surface area contributed by atoms with Gasteiger partial charge in [0.05, 0.1) is 5.56 Å². The van der Waals surface area contributed by atoms with E-state index in [4.69, 9.17) is 5.73 Å². The minimum absolute atomic E-state index is 0.0472. The predicted molar refractivity (Wildman–Crippen MR) is 58.6 cm³/mol. The van der Waals surface area contributed by atoms with E-state index in [1.807, 2.05) is 6.07 Å². The smallest absolute Gasteiger partial charge is 0.327 e. The lowest BCUT2D eigenvalue weighted by Crippen LogP contribution is -2.36. The molecule has 0 aromatic heterocycles. The summed E-state index contributed by atoms with van der Waals surface area (Å²) in [6, 6.07) is 4.56. The van der Waals surface area contributed by atoms with E-state index in [2.05, 4.69) is 0 Å². The number of hydrogen-bond donors (Lipinski definition) is 1. The van der Waals surface area contributed by atoms with Crippen molar-refractivity contribution in [2.75, 3.05) is 0 Å². The first-order valence-electron chi connectivity index (χ1n) is 5.93. The van der Waals surface area contributed by atoms with Crippen LogP contribution in [0.25, 0.3) is 0 Å². The zero-order chi connectivity index (χ0) is 12.2. The van der Waals surface area contributed by atoms with Crippen LogP contribution in [0.4, 0.5) is 13.2 Å². The van der Waals surface area contributed by atoms with E-state index in [-0.39, 0.29) is 17.9 Å². The fourth-order valence-electron chi connectivity index (χ4n) is 3.42.